The van der Waals surface area contributed by atoms with Gasteiger partial charge in [0.2, 0.25) is 0 Å². The molecule has 1 unspecified atom stereocenters. The predicted octanol–water partition coefficient (Wildman–Crippen LogP) is 2.40. The fourth-order valence-corrected chi connectivity index (χ4v) is 1.83. The molecule has 0 spiro atoms. The largest absolute Gasteiger partial charge is 0.483 e. The zero-order valence-corrected chi connectivity index (χ0v) is 9.22. The van der Waals surface area contributed by atoms with Crippen LogP contribution in [0.15, 0.2) is 12.1 Å². The minimum Gasteiger partial charge on any atom is -0.483 e. The van der Waals surface area contributed by atoms with E-state index in [1.807, 2.05) is 0 Å². The Morgan fingerprint density at radius 2 is 2.19 bits per heavy atom. The number of hydrogen-bond donors (Lipinski definition) is 1. The van der Waals surface area contributed by atoms with Crippen LogP contribution in [0.2, 0.25) is 0 Å². The third-order valence-electron chi connectivity index (χ3n) is 2.78. The fraction of sp³-hybridized carbons (Fsp3) is 0.500. The molecule has 2 rings (SSSR count). The fourth-order valence-electron chi connectivity index (χ4n) is 1.83. The molecule has 1 atom stereocenters. The summed E-state index contributed by atoms with van der Waals surface area (Å²) in [6, 6.07) is 2.65. The highest BCUT2D eigenvalue weighted by Crippen LogP contribution is 2.26. The van der Waals surface area contributed by atoms with Gasteiger partial charge in [0.1, 0.15) is 6.10 Å². The van der Waals surface area contributed by atoms with Crippen molar-refractivity contribution in [1.29, 1.82) is 0 Å². The summed E-state index contributed by atoms with van der Waals surface area (Å²) in [5.74, 6) is -1.46. The van der Waals surface area contributed by atoms with Crippen molar-refractivity contribution in [2.45, 2.75) is 25.9 Å². The van der Waals surface area contributed by atoms with Gasteiger partial charge in [-0.15, -0.1) is 0 Å². The molecule has 0 aromatic heterocycles. The summed E-state index contributed by atoms with van der Waals surface area (Å²) in [5.41, 5.74) is 0.403. The lowest BCUT2D eigenvalue weighted by Gasteiger charge is -2.24. The Balaban J connectivity index is 2.16. The van der Waals surface area contributed by atoms with Crippen molar-refractivity contribution in [2.75, 3.05) is 13.1 Å². The zero-order chi connectivity index (χ0) is 11.5. The second kappa shape index (κ2) is 4.78. The summed E-state index contributed by atoms with van der Waals surface area (Å²) < 4.78 is 32.4. The average molecular weight is 227 g/mol. The lowest BCUT2D eigenvalue weighted by molar-refractivity contribution is 0.153. The Kier molecular flexibility index (Phi) is 3.39. The van der Waals surface area contributed by atoms with Gasteiger partial charge in [-0.2, -0.15) is 0 Å². The average Bonchev–Trinajstić information content (AvgIpc) is 2.31. The van der Waals surface area contributed by atoms with Crippen molar-refractivity contribution >= 4 is 0 Å². The quantitative estimate of drug-likeness (QED) is 0.837. The maximum atomic E-state index is 13.6. The molecule has 1 aliphatic heterocycles. The Morgan fingerprint density at radius 1 is 1.38 bits per heavy atom. The second-order valence-corrected chi connectivity index (χ2v) is 4.09. The number of benzene rings is 1. The summed E-state index contributed by atoms with van der Waals surface area (Å²) in [7, 11) is 0. The number of ether oxygens (including phenoxy) is 1. The molecule has 1 heterocycles. The standard InChI is InChI=1S/C12H15F2NO/c1-8-4-5-10(13)12(11(8)14)16-9-3-2-6-15-7-9/h4-5,9,15H,2-3,6-7H2,1H3. The van der Waals surface area contributed by atoms with Gasteiger partial charge in [-0.25, -0.2) is 8.78 Å². The Bertz CT molecular complexity index is 376. The smallest absolute Gasteiger partial charge is 0.191 e. The minimum absolute atomic E-state index is 0.139. The van der Waals surface area contributed by atoms with Crippen LogP contribution < -0.4 is 10.1 Å². The van der Waals surface area contributed by atoms with E-state index in [0.29, 0.717) is 12.1 Å². The number of nitrogens with one attached hydrogen (secondary N) is 1. The van der Waals surface area contributed by atoms with Crippen LogP contribution in [-0.2, 0) is 0 Å². The summed E-state index contributed by atoms with van der Waals surface area (Å²) in [6.45, 7) is 3.19. The molecule has 88 valence electrons. The van der Waals surface area contributed by atoms with Crippen molar-refractivity contribution in [2.24, 2.45) is 0 Å². The van der Waals surface area contributed by atoms with Gasteiger partial charge in [-0.05, 0) is 37.9 Å². The SMILES string of the molecule is Cc1ccc(F)c(OC2CCCNC2)c1F. The highest BCUT2D eigenvalue weighted by molar-refractivity contribution is 5.32. The Labute approximate surface area is 93.6 Å². The molecule has 0 amide bonds. The van der Waals surface area contributed by atoms with Crippen molar-refractivity contribution in [3.05, 3.63) is 29.3 Å². The summed E-state index contributed by atoms with van der Waals surface area (Å²) >= 11 is 0. The summed E-state index contributed by atoms with van der Waals surface area (Å²) in [6.07, 6.45) is 1.67. The van der Waals surface area contributed by atoms with E-state index < -0.39 is 11.6 Å². The van der Waals surface area contributed by atoms with E-state index in [2.05, 4.69) is 5.32 Å². The van der Waals surface area contributed by atoms with Gasteiger partial charge >= 0.3 is 0 Å². The topological polar surface area (TPSA) is 21.3 Å². The molecular weight excluding hydrogens is 212 g/mol. The van der Waals surface area contributed by atoms with E-state index in [0.717, 1.165) is 19.4 Å². The highest BCUT2D eigenvalue weighted by atomic mass is 19.1. The van der Waals surface area contributed by atoms with Gasteiger partial charge in [0.15, 0.2) is 17.4 Å². The molecule has 0 aliphatic carbocycles. The molecule has 0 saturated carbocycles. The maximum absolute atomic E-state index is 13.6. The second-order valence-electron chi connectivity index (χ2n) is 4.09. The lowest BCUT2D eigenvalue weighted by atomic mass is 10.1. The molecule has 1 fully saturated rings. The number of hydrogen-bond acceptors (Lipinski definition) is 2. The van der Waals surface area contributed by atoms with Crippen LogP contribution in [-0.4, -0.2) is 19.2 Å². The third-order valence-corrected chi connectivity index (χ3v) is 2.78. The van der Waals surface area contributed by atoms with E-state index in [-0.39, 0.29) is 11.9 Å². The van der Waals surface area contributed by atoms with Gasteiger partial charge in [0, 0.05) is 6.54 Å². The molecule has 2 nitrogen and oxygen atoms in total. The van der Waals surface area contributed by atoms with Crippen LogP contribution in [0.25, 0.3) is 0 Å². The molecule has 0 bridgehead atoms. The van der Waals surface area contributed by atoms with Crippen LogP contribution >= 0.6 is 0 Å². The van der Waals surface area contributed by atoms with E-state index in [9.17, 15) is 8.78 Å². The molecule has 1 aromatic rings. The third kappa shape index (κ3) is 2.32. The first kappa shape index (κ1) is 11.3. The van der Waals surface area contributed by atoms with Crippen molar-refractivity contribution in [3.8, 4) is 5.75 Å². The van der Waals surface area contributed by atoms with E-state index in [1.165, 1.54) is 12.1 Å². The van der Waals surface area contributed by atoms with Gasteiger partial charge in [-0.3, -0.25) is 0 Å². The maximum Gasteiger partial charge on any atom is 0.191 e. The summed E-state index contributed by atoms with van der Waals surface area (Å²) in [5, 5.41) is 3.14. The minimum atomic E-state index is -0.631. The number of halogens is 2. The molecule has 0 radical (unpaired) electrons. The van der Waals surface area contributed by atoms with Crippen LogP contribution in [0.3, 0.4) is 0 Å². The first-order chi connectivity index (χ1) is 7.68. The van der Waals surface area contributed by atoms with Gasteiger partial charge in [-0.1, -0.05) is 6.07 Å². The highest BCUT2D eigenvalue weighted by Gasteiger charge is 2.19. The normalized spacial score (nSPS) is 20.8. The van der Waals surface area contributed by atoms with Crippen molar-refractivity contribution in [3.63, 3.8) is 0 Å². The summed E-state index contributed by atoms with van der Waals surface area (Å²) in [4.78, 5) is 0. The van der Waals surface area contributed by atoms with Gasteiger partial charge < -0.3 is 10.1 Å². The molecule has 16 heavy (non-hydrogen) atoms. The first-order valence-electron chi connectivity index (χ1n) is 5.50. The Hall–Kier alpha value is -1.16. The van der Waals surface area contributed by atoms with Crippen LogP contribution in [0.1, 0.15) is 18.4 Å². The lowest BCUT2D eigenvalue weighted by Crippen LogP contribution is -2.37. The molecule has 1 saturated heterocycles. The predicted molar refractivity (Wildman–Crippen MR) is 57.6 cm³/mol. The van der Waals surface area contributed by atoms with Crippen LogP contribution in [0.5, 0.6) is 5.75 Å². The van der Waals surface area contributed by atoms with E-state index in [4.69, 9.17) is 4.74 Å². The van der Waals surface area contributed by atoms with Crippen LogP contribution in [0, 0.1) is 18.6 Å². The molecular formula is C12H15F2NO. The van der Waals surface area contributed by atoms with E-state index >= 15 is 0 Å². The Morgan fingerprint density at radius 3 is 2.88 bits per heavy atom. The molecule has 1 aromatic carbocycles. The zero-order valence-electron chi connectivity index (χ0n) is 9.22. The molecule has 1 N–H and O–H groups in total. The van der Waals surface area contributed by atoms with Gasteiger partial charge in [0.05, 0.1) is 0 Å². The van der Waals surface area contributed by atoms with Gasteiger partial charge in [0.25, 0.3) is 0 Å². The number of piperidine rings is 1. The number of aryl methyl sites for hydroxylation is 1. The van der Waals surface area contributed by atoms with E-state index in [1.54, 1.807) is 6.92 Å². The molecule has 4 heteroatoms. The first-order valence-corrected chi connectivity index (χ1v) is 5.50. The molecule has 1 aliphatic rings. The monoisotopic (exact) mass is 227 g/mol. The van der Waals surface area contributed by atoms with Crippen LogP contribution in [0.4, 0.5) is 8.78 Å². The number of rotatable bonds is 2. The van der Waals surface area contributed by atoms with Crippen molar-refractivity contribution < 1.29 is 13.5 Å². The van der Waals surface area contributed by atoms with Crippen molar-refractivity contribution in [1.82, 2.24) is 5.32 Å².